The quantitative estimate of drug-likeness (QED) is 0.432. The van der Waals surface area contributed by atoms with Gasteiger partial charge in [-0.2, -0.15) is 0 Å². The first-order valence-electron chi connectivity index (χ1n) is 10.7. The van der Waals surface area contributed by atoms with Crippen LogP contribution in [0.4, 0.5) is 10.1 Å². The Balaban J connectivity index is 1.65. The molecular formula is C24H24ClFN4O. The minimum Gasteiger partial charge on any atom is -0.381 e. The van der Waals surface area contributed by atoms with E-state index in [1.165, 1.54) is 6.20 Å². The van der Waals surface area contributed by atoms with Crippen LogP contribution in [0.5, 0.6) is 0 Å². The van der Waals surface area contributed by atoms with E-state index >= 15 is 0 Å². The molecule has 2 heterocycles. The molecule has 0 atom stereocenters. The van der Waals surface area contributed by atoms with Crippen LogP contribution in [0.25, 0.3) is 22.0 Å². The minimum absolute atomic E-state index is 0.153. The minimum atomic E-state index is -0.546. The zero-order valence-electron chi connectivity index (χ0n) is 17.1. The number of hydrogen-bond acceptors (Lipinski definition) is 5. The van der Waals surface area contributed by atoms with Crippen molar-refractivity contribution in [2.24, 2.45) is 5.73 Å². The molecule has 5 rings (SSSR count). The third-order valence-electron chi connectivity index (χ3n) is 6.70. The molecule has 3 aromatic rings. The van der Waals surface area contributed by atoms with Gasteiger partial charge in [0.15, 0.2) is 11.0 Å². The molecule has 3 N–H and O–H groups in total. The Bertz CT molecular complexity index is 1160. The number of benzene rings is 1. The van der Waals surface area contributed by atoms with Gasteiger partial charge in [0.1, 0.15) is 6.29 Å². The van der Waals surface area contributed by atoms with Crippen LogP contribution in [0.1, 0.15) is 44.1 Å². The highest BCUT2D eigenvalue weighted by atomic mass is 35.5. The molecule has 2 aliphatic rings. The van der Waals surface area contributed by atoms with Gasteiger partial charge in [-0.3, -0.25) is 4.98 Å². The summed E-state index contributed by atoms with van der Waals surface area (Å²) >= 11 is 5.91. The van der Waals surface area contributed by atoms with Crippen molar-refractivity contribution in [1.29, 1.82) is 0 Å². The van der Waals surface area contributed by atoms with Gasteiger partial charge in [-0.1, -0.05) is 17.7 Å². The normalized spacial score (nSPS) is 22.3. The maximum absolute atomic E-state index is 14.6. The number of anilines is 1. The molecule has 2 fully saturated rings. The van der Waals surface area contributed by atoms with Crippen molar-refractivity contribution in [2.45, 2.75) is 56.0 Å². The average Bonchev–Trinajstić information content (AvgIpc) is 3.58. The van der Waals surface area contributed by atoms with Crippen molar-refractivity contribution < 1.29 is 9.18 Å². The summed E-state index contributed by atoms with van der Waals surface area (Å²) in [4.78, 5) is 20.4. The van der Waals surface area contributed by atoms with Gasteiger partial charge in [-0.25, -0.2) is 9.37 Å². The number of aromatic nitrogens is 2. The van der Waals surface area contributed by atoms with Gasteiger partial charge in [0, 0.05) is 46.7 Å². The van der Waals surface area contributed by atoms with Gasteiger partial charge in [0.2, 0.25) is 0 Å². The molecule has 0 spiro atoms. The summed E-state index contributed by atoms with van der Waals surface area (Å²) in [6.45, 7) is 0. The van der Waals surface area contributed by atoms with Crippen molar-refractivity contribution in [3.8, 4) is 11.1 Å². The number of rotatable bonds is 5. The summed E-state index contributed by atoms with van der Waals surface area (Å²) in [6.07, 6.45) is 9.91. The maximum atomic E-state index is 14.6. The zero-order valence-corrected chi connectivity index (χ0v) is 17.8. The second-order valence-corrected chi connectivity index (χ2v) is 9.13. The number of hydrogen-bond donors (Lipinski definition) is 2. The van der Waals surface area contributed by atoms with Gasteiger partial charge in [0.25, 0.3) is 0 Å². The third kappa shape index (κ3) is 3.68. The van der Waals surface area contributed by atoms with Crippen LogP contribution in [-0.4, -0.2) is 28.3 Å². The monoisotopic (exact) mass is 438 g/mol. The van der Waals surface area contributed by atoms with Crippen LogP contribution in [0.15, 0.2) is 36.7 Å². The third-order valence-corrected chi connectivity index (χ3v) is 6.96. The molecule has 1 aromatic carbocycles. The molecule has 0 amide bonds. The number of pyridine rings is 2. The number of nitrogens with one attached hydrogen (secondary N) is 1. The Labute approximate surface area is 185 Å². The molecule has 160 valence electrons. The van der Waals surface area contributed by atoms with E-state index in [0.29, 0.717) is 11.1 Å². The fourth-order valence-electron chi connectivity index (χ4n) is 4.59. The standard InChI is InChI=1S/C24H24ClFN4O/c25-23-21(26)17(7-10-28-23)14-1-6-20-18(11-14)22(30-16-4-2-15(27)3-5-16)19(12-29-20)24(13-31)8-9-24/h1,6-7,10-13,15-16H,2-5,8-9,27H2,(H,29,30). The predicted molar refractivity (Wildman–Crippen MR) is 121 cm³/mol. The lowest BCUT2D eigenvalue weighted by atomic mass is 9.89. The van der Waals surface area contributed by atoms with E-state index in [1.54, 1.807) is 6.07 Å². The molecule has 0 radical (unpaired) electrons. The van der Waals surface area contributed by atoms with E-state index in [4.69, 9.17) is 17.3 Å². The summed E-state index contributed by atoms with van der Waals surface area (Å²) in [7, 11) is 0. The Morgan fingerprint density at radius 3 is 2.65 bits per heavy atom. The van der Waals surface area contributed by atoms with Crippen LogP contribution < -0.4 is 11.1 Å². The molecule has 0 saturated heterocycles. The van der Waals surface area contributed by atoms with Crippen LogP contribution in [0, 0.1) is 5.82 Å². The van der Waals surface area contributed by atoms with E-state index < -0.39 is 11.2 Å². The molecule has 2 aromatic heterocycles. The Hall–Kier alpha value is -2.57. The summed E-state index contributed by atoms with van der Waals surface area (Å²) < 4.78 is 14.6. The SMILES string of the molecule is NC1CCC(Nc2c(C3(C=O)CC3)cnc3ccc(-c4ccnc(Cl)c4F)cc23)CC1. The first-order chi connectivity index (χ1) is 15.0. The fraction of sp³-hybridized carbons (Fsp3) is 0.375. The molecule has 7 heteroatoms. The van der Waals surface area contributed by atoms with E-state index in [9.17, 15) is 9.18 Å². The number of nitrogens with zero attached hydrogens (tertiary/aromatic N) is 2. The maximum Gasteiger partial charge on any atom is 0.168 e. The van der Waals surface area contributed by atoms with Crippen molar-refractivity contribution in [3.05, 3.63) is 53.2 Å². The number of aldehydes is 1. The number of carbonyl (C=O) groups is 1. The van der Waals surface area contributed by atoms with Crippen molar-refractivity contribution in [1.82, 2.24) is 9.97 Å². The summed E-state index contributed by atoms with van der Waals surface area (Å²) in [5, 5.41) is 4.44. The second kappa shape index (κ2) is 7.84. The highest BCUT2D eigenvalue weighted by molar-refractivity contribution is 6.29. The Morgan fingerprint density at radius 2 is 1.94 bits per heavy atom. The molecule has 0 bridgehead atoms. The molecule has 2 saturated carbocycles. The molecule has 5 nitrogen and oxygen atoms in total. The van der Waals surface area contributed by atoms with E-state index in [1.807, 2.05) is 24.4 Å². The molecule has 0 unspecified atom stereocenters. The average molecular weight is 439 g/mol. The van der Waals surface area contributed by atoms with Gasteiger partial charge in [-0.05, 0) is 62.3 Å². The van der Waals surface area contributed by atoms with Crippen LogP contribution in [0.3, 0.4) is 0 Å². The lowest BCUT2D eigenvalue weighted by molar-refractivity contribution is -0.109. The molecular weight excluding hydrogens is 415 g/mol. The smallest absolute Gasteiger partial charge is 0.168 e. The highest BCUT2D eigenvalue weighted by Crippen LogP contribution is 2.50. The predicted octanol–water partition coefficient (Wildman–Crippen LogP) is 5.00. The van der Waals surface area contributed by atoms with Crippen LogP contribution in [-0.2, 0) is 10.2 Å². The summed E-state index contributed by atoms with van der Waals surface area (Å²) in [5.74, 6) is -0.546. The van der Waals surface area contributed by atoms with E-state index in [0.717, 1.165) is 67.0 Å². The first-order valence-corrected chi connectivity index (χ1v) is 11.1. The zero-order chi connectivity index (χ0) is 21.6. The number of carbonyl (C=O) groups excluding carboxylic acids is 1. The Morgan fingerprint density at radius 1 is 1.16 bits per heavy atom. The fourth-order valence-corrected chi connectivity index (χ4v) is 4.75. The van der Waals surface area contributed by atoms with E-state index in [-0.39, 0.29) is 17.2 Å². The topological polar surface area (TPSA) is 80.9 Å². The highest BCUT2D eigenvalue weighted by Gasteiger charge is 2.46. The second-order valence-electron chi connectivity index (χ2n) is 8.77. The van der Waals surface area contributed by atoms with Crippen LogP contribution >= 0.6 is 11.6 Å². The van der Waals surface area contributed by atoms with Crippen LogP contribution in [0.2, 0.25) is 5.15 Å². The van der Waals surface area contributed by atoms with Crippen molar-refractivity contribution in [2.75, 3.05) is 5.32 Å². The van der Waals surface area contributed by atoms with Crippen molar-refractivity contribution >= 4 is 34.5 Å². The van der Waals surface area contributed by atoms with Gasteiger partial charge >= 0.3 is 0 Å². The van der Waals surface area contributed by atoms with Gasteiger partial charge in [0.05, 0.1) is 10.9 Å². The Kier molecular flexibility index (Phi) is 5.15. The molecule has 31 heavy (non-hydrogen) atoms. The number of nitrogens with two attached hydrogens (primary N) is 1. The first kappa shape index (κ1) is 20.3. The lowest BCUT2D eigenvalue weighted by Crippen LogP contribution is -2.33. The molecule has 2 aliphatic carbocycles. The molecule has 0 aliphatic heterocycles. The van der Waals surface area contributed by atoms with Gasteiger partial charge < -0.3 is 15.8 Å². The lowest BCUT2D eigenvalue weighted by Gasteiger charge is -2.29. The summed E-state index contributed by atoms with van der Waals surface area (Å²) in [6, 6.07) is 7.79. The summed E-state index contributed by atoms with van der Waals surface area (Å²) in [5.41, 5.74) is 9.34. The van der Waals surface area contributed by atoms with E-state index in [2.05, 4.69) is 15.3 Å². The number of fused-ring (bicyclic) bond motifs is 1. The largest absolute Gasteiger partial charge is 0.381 e. The van der Waals surface area contributed by atoms with Gasteiger partial charge in [-0.15, -0.1) is 0 Å². The number of halogens is 2. The van der Waals surface area contributed by atoms with Crippen molar-refractivity contribution in [3.63, 3.8) is 0 Å².